The van der Waals surface area contributed by atoms with Gasteiger partial charge in [-0.15, -0.1) is 0 Å². The number of hydrogen-bond donors (Lipinski definition) is 2. The molecule has 1 atom stereocenters. The lowest BCUT2D eigenvalue weighted by Crippen LogP contribution is -2.32. The smallest absolute Gasteiger partial charge is 0.185 e. The highest BCUT2D eigenvalue weighted by atomic mass is 32.1. The zero-order valence-electron chi connectivity index (χ0n) is 7.16. The molecule has 0 aliphatic rings. The molecule has 0 spiro atoms. The van der Waals surface area contributed by atoms with E-state index in [0.29, 0.717) is 12.6 Å². The fourth-order valence-electron chi connectivity index (χ4n) is 0.904. The first-order chi connectivity index (χ1) is 5.22. The summed E-state index contributed by atoms with van der Waals surface area (Å²) >= 11 is 3.69. The molecule has 3 nitrogen and oxygen atoms in total. The number of hydrogen-bond acceptors (Lipinski definition) is 4. The predicted molar refractivity (Wildman–Crippen MR) is 51.4 cm³/mol. The fourth-order valence-corrected chi connectivity index (χ4v) is 1.08. The van der Waals surface area contributed by atoms with Crippen LogP contribution in [0.3, 0.4) is 0 Å². The van der Waals surface area contributed by atoms with Crippen molar-refractivity contribution < 1.29 is 9.29 Å². The molecule has 0 bridgehead atoms. The zero-order chi connectivity index (χ0) is 8.69. The standard InChI is InChI=1S/C6H16BNO2S/c1-8(7)6(5-10-11)3-2-4-9/h6,9,11H,2-5,7H2,1H3/t6-/m0/s1. The van der Waals surface area contributed by atoms with Gasteiger partial charge in [0.2, 0.25) is 0 Å². The van der Waals surface area contributed by atoms with E-state index in [1.54, 1.807) is 0 Å². The molecule has 0 unspecified atom stereocenters. The monoisotopic (exact) mass is 177 g/mol. The number of likely N-dealkylation sites (N-methyl/N-ethyl adjacent to an activating group) is 1. The molecule has 66 valence electrons. The lowest BCUT2D eigenvalue weighted by Gasteiger charge is -2.22. The third kappa shape index (κ3) is 5.55. The van der Waals surface area contributed by atoms with Crippen LogP contribution >= 0.6 is 12.9 Å². The molecular weight excluding hydrogens is 161 g/mol. The van der Waals surface area contributed by atoms with Crippen molar-refractivity contribution in [2.75, 3.05) is 20.3 Å². The van der Waals surface area contributed by atoms with Gasteiger partial charge >= 0.3 is 0 Å². The van der Waals surface area contributed by atoms with E-state index in [2.05, 4.69) is 17.7 Å². The highest BCUT2D eigenvalue weighted by molar-refractivity contribution is 7.75. The maximum Gasteiger partial charge on any atom is 0.185 e. The van der Waals surface area contributed by atoms with Crippen molar-refractivity contribution in [1.82, 2.24) is 4.81 Å². The summed E-state index contributed by atoms with van der Waals surface area (Å²) in [5, 5.41) is 8.59. The Morgan fingerprint density at radius 3 is 2.73 bits per heavy atom. The predicted octanol–water partition coefficient (Wildman–Crippen LogP) is -0.531. The summed E-state index contributed by atoms with van der Waals surface area (Å²) in [5.41, 5.74) is 0. The molecule has 0 heterocycles. The van der Waals surface area contributed by atoms with Crippen LogP contribution in [0.25, 0.3) is 0 Å². The first kappa shape index (κ1) is 11.3. The fraction of sp³-hybridized carbons (Fsp3) is 1.00. The van der Waals surface area contributed by atoms with Crippen LogP contribution in [-0.4, -0.2) is 44.2 Å². The normalized spacial score (nSPS) is 13.8. The van der Waals surface area contributed by atoms with Crippen molar-refractivity contribution in [1.29, 1.82) is 0 Å². The summed E-state index contributed by atoms with van der Waals surface area (Å²) in [6.07, 6.45) is 1.77. The Bertz CT molecular complexity index is 94.7. The van der Waals surface area contributed by atoms with E-state index in [-0.39, 0.29) is 6.61 Å². The van der Waals surface area contributed by atoms with Crippen LogP contribution in [0, 0.1) is 0 Å². The molecule has 0 saturated heterocycles. The second kappa shape index (κ2) is 6.97. The van der Waals surface area contributed by atoms with E-state index in [4.69, 9.17) is 9.29 Å². The van der Waals surface area contributed by atoms with E-state index in [0.717, 1.165) is 12.8 Å². The van der Waals surface area contributed by atoms with Gasteiger partial charge in [-0.1, -0.05) is 0 Å². The summed E-state index contributed by atoms with van der Waals surface area (Å²) in [4.78, 5) is 2.08. The number of aliphatic hydroxyl groups is 1. The maximum absolute atomic E-state index is 8.59. The zero-order valence-corrected chi connectivity index (χ0v) is 8.05. The van der Waals surface area contributed by atoms with Crippen molar-refractivity contribution in [3.05, 3.63) is 0 Å². The molecular formula is C6H16BNO2S. The first-order valence-electron chi connectivity index (χ1n) is 3.76. The lowest BCUT2D eigenvalue weighted by atomic mass is 10.1. The minimum absolute atomic E-state index is 0.247. The van der Waals surface area contributed by atoms with Crippen LogP contribution in [0.5, 0.6) is 0 Å². The Balaban J connectivity index is 3.51. The Morgan fingerprint density at radius 2 is 2.36 bits per heavy atom. The van der Waals surface area contributed by atoms with Gasteiger partial charge in [0, 0.05) is 12.6 Å². The van der Waals surface area contributed by atoms with Crippen LogP contribution in [0.4, 0.5) is 0 Å². The first-order valence-corrected chi connectivity index (χ1v) is 4.12. The van der Waals surface area contributed by atoms with E-state index < -0.39 is 0 Å². The third-order valence-corrected chi connectivity index (χ3v) is 1.84. The Kier molecular flexibility index (Phi) is 7.16. The average Bonchev–Trinajstić information content (AvgIpc) is 1.97. The van der Waals surface area contributed by atoms with E-state index >= 15 is 0 Å². The van der Waals surface area contributed by atoms with Crippen LogP contribution < -0.4 is 0 Å². The number of aliphatic hydroxyl groups excluding tert-OH is 1. The molecule has 1 N–H and O–H groups in total. The molecule has 5 heteroatoms. The van der Waals surface area contributed by atoms with Gasteiger partial charge in [0.25, 0.3) is 0 Å². The second-order valence-corrected chi connectivity index (χ2v) is 3.04. The SMILES string of the molecule is BN(C)[C@@H](CCCO)COS. The van der Waals surface area contributed by atoms with Crippen molar-refractivity contribution >= 4 is 20.9 Å². The van der Waals surface area contributed by atoms with Crippen LogP contribution in [-0.2, 0) is 4.18 Å². The van der Waals surface area contributed by atoms with E-state index in [1.165, 1.54) is 0 Å². The minimum atomic E-state index is 0.247. The second-order valence-electron chi connectivity index (χ2n) is 2.78. The van der Waals surface area contributed by atoms with Crippen LogP contribution in [0.15, 0.2) is 0 Å². The largest absolute Gasteiger partial charge is 0.396 e. The van der Waals surface area contributed by atoms with Crippen molar-refractivity contribution in [3.63, 3.8) is 0 Å². The third-order valence-electron chi connectivity index (χ3n) is 1.69. The van der Waals surface area contributed by atoms with E-state index in [1.807, 2.05) is 15.0 Å². The molecule has 0 rings (SSSR count). The average molecular weight is 177 g/mol. The summed E-state index contributed by atoms with van der Waals surface area (Å²) < 4.78 is 4.73. The number of thiol groups is 1. The molecule has 0 aromatic carbocycles. The molecule has 0 saturated carbocycles. The quantitative estimate of drug-likeness (QED) is 0.325. The van der Waals surface area contributed by atoms with Gasteiger partial charge in [0.1, 0.15) is 0 Å². The molecule has 0 amide bonds. The van der Waals surface area contributed by atoms with Crippen LogP contribution in [0.2, 0.25) is 0 Å². The summed E-state index contributed by atoms with van der Waals surface area (Å²) in [6, 6.07) is 0.361. The van der Waals surface area contributed by atoms with Gasteiger partial charge < -0.3 is 14.1 Å². The Hall–Kier alpha value is 0.295. The highest BCUT2D eigenvalue weighted by Gasteiger charge is 2.09. The molecule has 0 aliphatic carbocycles. The highest BCUT2D eigenvalue weighted by Crippen LogP contribution is 2.03. The topological polar surface area (TPSA) is 32.7 Å². The molecule has 0 radical (unpaired) electrons. The number of nitrogens with zero attached hydrogens (tertiary/aromatic N) is 1. The molecule has 0 aliphatic heterocycles. The summed E-state index contributed by atoms with van der Waals surface area (Å²) in [5.74, 6) is 0. The lowest BCUT2D eigenvalue weighted by molar-refractivity contribution is 0.218. The summed E-state index contributed by atoms with van der Waals surface area (Å²) in [7, 11) is 3.99. The minimum Gasteiger partial charge on any atom is -0.396 e. The molecule has 11 heavy (non-hydrogen) atoms. The van der Waals surface area contributed by atoms with Gasteiger partial charge in [-0.25, -0.2) is 0 Å². The van der Waals surface area contributed by atoms with Gasteiger partial charge in [-0.05, 0) is 32.8 Å². The van der Waals surface area contributed by atoms with Gasteiger partial charge in [0.05, 0.1) is 6.61 Å². The molecule has 0 fully saturated rings. The van der Waals surface area contributed by atoms with E-state index in [9.17, 15) is 0 Å². The summed E-state index contributed by atoms with van der Waals surface area (Å²) in [6.45, 7) is 0.854. The van der Waals surface area contributed by atoms with Crippen LogP contribution in [0.1, 0.15) is 12.8 Å². The molecule has 0 aromatic rings. The van der Waals surface area contributed by atoms with Crippen molar-refractivity contribution in [3.8, 4) is 0 Å². The molecule has 0 aromatic heterocycles. The van der Waals surface area contributed by atoms with Crippen molar-refractivity contribution in [2.45, 2.75) is 18.9 Å². The Labute approximate surface area is 74.8 Å². The number of rotatable bonds is 6. The van der Waals surface area contributed by atoms with Crippen molar-refractivity contribution in [2.24, 2.45) is 0 Å². The van der Waals surface area contributed by atoms with Gasteiger partial charge in [0.15, 0.2) is 7.98 Å². The van der Waals surface area contributed by atoms with Gasteiger partial charge in [-0.3, -0.25) is 0 Å². The van der Waals surface area contributed by atoms with Gasteiger partial charge in [-0.2, -0.15) is 0 Å². The maximum atomic E-state index is 8.59. The Morgan fingerprint density at radius 1 is 1.73 bits per heavy atom.